The Morgan fingerprint density at radius 1 is 1.20 bits per heavy atom. The number of nitrogens with one attached hydrogen (secondary N) is 1. The number of halogens is 1. The average molecular weight is 541 g/mol. The Hall–Kier alpha value is -3.33. The number of fused-ring (bicyclic) bond motifs is 1. The fraction of sp³-hybridized carbons (Fsp3) is 0.346. The zero-order chi connectivity index (χ0) is 25.1. The molecule has 0 fully saturated rings. The summed E-state index contributed by atoms with van der Waals surface area (Å²) in [6.45, 7) is 10.3. The lowest BCUT2D eigenvalue weighted by Gasteiger charge is -2.29. The monoisotopic (exact) mass is 540 g/mol. The molecule has 3 aromatic rings. The van der Waals surface area contributed by atoms with Gasteiger partial charge in [-0.05, 0) is 73.8 Å². The van der Waals surface area contributed by atoms with Crippen LogP contribution in [-0.4, -0.2) is 33.4 Å². The van der Waals surface area contributed by atoms with Gasteiger partial charge in [-0.3, -0.25) is 0 Å². The molecule has 2 heterocycles. The van der Waals surface area contributed by atoms with Crippen molar-refractivity contribution in [1.29, 1.82) is 0 Å². The predicted molar refractivity (Wildman–Crippen MR) is 137 cm³/mol. The molecule has 0 amide bonds. The number of rotatable bonds is 8. The Balaban J connectivity index is 1.75. The number of hydrogen-bond donors (Lipinski definition) is 1. The lowest BCUT2D eigenvalue weighted by atomic mass is 9.95. The van der Waals surface area contributed by atoms with Crippen LogP contribution in [0.2, 0.25) is 0 Å². The molecule has 1 N–H and O–H groups in total. The Morgan fingerprint density at radius 3 is 2.71 bits per heavy atom. The van der Waals surface area contributed by atoms with Crippen LogP contribution in [0.4, 0.5) is 5.95 Å². The first-order chi connectivity index (χ1) is 16.8. The standard InChI is InChI=1S/C26H29BrN4O4/c1-6-33-21-12-19(11-20(27)24(21)34-13-18-9-7-8-16(4)10-18)23-22(25(32)35-15(2)3)17(5)30-26-28-14-29-31(23)26/h7-12,14-15,23H,6,13H2,1-5H3,(H,28,29,30). The fourth-order valence-corrected chi connectivity index (χ4v) is 4.62. The third-order valence-corrected chi connectivity index (χ3v) is 6.06. The summed E-state index contributed by atoms with van der Waals surface area (Å²) in [6, 6.07) is 11.4. The third-order valence-electron chi connectivity index (χ3n) is 5.47. The summed E-state index contributed by atoms with van der Waals surface area (Å²) in [4.78, 5) is 17.4. The summed E-state index contributed by atoms with van der Waals surface area (Å²) in [5.74, 6) is 1.29. The Bertz CT molecular complexity index is 1270. The van der Waals surface area contributed by atoms with E-state index in [0.29, 0.717) is 46.4 Å². The summed E-state index contributed by atoms with van der Waals surface area (Å²) < 4.78 is 20.1. The van der Waals surface area contributed by atoms with Crippen LogP contribution in [0.25, 0.3) is 0 Å². The smallest absolute Gasteiger partial charge is 0.338 e. The van der Waals surface area contributed by atoms with Gasteiger partial charge in [-0.25, -0.2) is 9.48 Å². The SMILES string of the molecule is CCOc1cc(C2C(C(=O)OC(C)C)=C(C)Nc3ncnn32)cc(Br)c1OCc1cccc(C)c1. The molecule has 0 spiro atoms. The Kier molecular flexibility index (Phi) is 7.45. The highest BCUT2D eigenvalue weighted by Crippen LogP contribution is 2.43. The molecule has 184 valence electrons. The quantitative estimate of drug-likeness (QED) is 0.373. The largest absolute Gasteiger partial charge is 0.490 e. The molecule has 4 rings (SSSR count). The van der Waals surface area contributed by atoms with Gasteiger partial charge in [-0.1, -0.05) is 29.8 Å². The van der Waals surface area contributed by atoms with Gasteiger partial charge < -0.3 is 19.5 Å². The number of aryl methyl sites for hydroxylation is 1. The van der Waals surface area contributed by atoms with Crippen molar-refractivity contribution in [2.75, 3.05) is 11.9 Å². The number of esters is 1. The van der Waals surface area contributed by atoms with E-state index in [1.54, 1.807) is 4.68 Å². The summed E-state index contributed by atoms with van der Waals surface area (Å²) in [5, 5.41) is 7.54. The molecule has 1 aliphatic heterocycles. The highest BCUT2D eigenvalue weighted by Gasteiger charge is 2.35. The van der Waals surface area contributed by atoms with Crippen LogP contribution < -0.4 is 14.8 Å². The van der Waals surface area contributed by atoms with Gasteiger partial charge in [0.1, 0.15) is 19.0 Å². The Morgan fingerprint density at radius 2 is 2.00 bits per heavy atom. The van der Waals surface area contributed by atoms with Crippen LogP contribution in [-0.2, 0) is 16.1 Å². The number of nitrogens with zero attached hydrogens (tertiary/aromatic N) is 3. The number of benzene rings is 2. The molecule has 9 heteroatoms. The topological polar surface area (TPSA) is 87.5 Å². The van der Waals surface area contributed by atoms with Crippen molar-refractivity contribution < 1.29 is 19.0 Å². The lowest BCUT2D eigenvalue weighted by Crippen LogP contribution is -2.30. The van der Waals surface area contributed by atoms with Crippen molar-refractivity contribution in [1.82, 2.24) is 14.8 Å². The van der Waals surface area contributed by atoms with Gasteiger partial charge in [0.05, 0.1) is 22.8 Å². The molecule has 0 bridgehead atoms. The van der Waals surface area contributed by atoms with Crippen molar-refractivity contribution in [2.45, 2.75) is 53.4 Å². The van der Waals surface area contributed by atoms with Gasteiger partial charge in [0.25, 0.3) is 0 Å². The van der Waals surface area contributed by atoms with Crippen LogP contribution in [0, 0.1) is 6.92 Å². The van der Waals surface area contributed by atoms with Crippen LogP contribution >= 0.6 is 15.9 Å². The second-order valence-electron chi connectivity index (χ2n) is 8.59. The van der Waals surface area contributed by atoms with E-state index in [1.807, 2.05) is 52.0 Å². The average Bonchev–Trinajstić information content (AvgIpc) is 3.25. The maximum absolute atomic E-state index is 13.1. The van der Waals surface area contributed by atoms with Crippen molar-refractivity contribution in [3.8, 4) is 11.5 Å². The minimum absolute atomic E-state index is 0.260. The van der Waals surface area contributed by atoms with Gasteiger partial charge >= 0.3 is 5.97 Å². The fourth-order valence-electron chi connectivity index (χ4n) is 4.05. The van der Waals surface area contributed by atoms with E-state index < -0.39 is 12.0 Å². The van der Waals surface area contributed by atoms with E-state index in [0.717, 1.165) is 11.1 Å². The van der Waals surface area contributed by atoms with Crippen LogP contribution in [0.1, 0.15) is 50.4 Å². The van der Waals surface area contributed by atoms with Gasteiger partial charge in [-0.15, -0.1) is 0 Å². The molecule has 2 aromatic carbocycles. The molecule has 0 saturated heterocycles. The first-order valence-corrected chi connectivity index (χ1v) is 12.3. The number of ether oxygens (including phenoxy) is 3. The van der Waals surface area contributed by atoms with Crippen molar-refractivity contribution in [2.24, 2.45) is 0 Å². The van der Waals surface area contributed by atoms with Gasteiger partial charge in [0, 0.05) is 5.70 Å². The summed E-state index contributed by atoms with van der Waals surface area (Å²) in [5.41, 5.74) is 4.13. The van der Waals surface area contributed by atoms with Crippen LogP contribution in [0.3, 0.4) is 0 Å². The number of carbonyl (C=O) groups is 1. The predicted octanol–water partition coefficient (Wildman–Crippen LogP) is 5.57. The molecule has 0 saturated carbocycles. The molecule has 0 aliphatic carbocycles. The maximum atomic E-state index is 13.1. The molecule has 35 heavy (non-hydrogen) atoms. The minimum atomic E-state index is -0.554. The summed E-state index contributed by atoms with van der Waals surface area (Å²) in [7, 11) is 0. The summed E-state index contributed by atoms with van der Waals surface area (Å²) in [6.07, 6.45) is 1.20. The number of hydrogen-bond acceptors (Lipinski definition) is 7. The number of aromatic nitrogens is 3. The highest BCUT2D eigenvalue weighted by molar-refractivity contribution is 9.10. The number of carbonyl (C=O) groups excluding carboxylic acids is 1. The first kappa shape index (κ1) is 24.8. The Labute approximate surface area is 213 Å². The third kappa shape index (κ3) is 5.35. The lowest BCUT2D eigenvalue weighted by molar-refractivity contribution is -0.143. The molecule has 1 aromatic heterocycles. The number of allylic oxidation sites excluding steroid dienone is 1. The van der Waals surface area contributed by atoms with Crippen LogP contribution in [0.15, 0.2) is 58.5 Å². The van der Waals surface area contributed by atoms with Gasteiger partial charge in [-0.2, -0.15) is 10.1 Å². The van der Waals surface area contributed by atoms with Crippen molar-refractivity contribution in [3.05, 3.63) is 75.2 Å². The summed E-state index contributed by atoms with van der Waals surface area (Å²) >= 11 is 3.67. The minimum Gasteiger partial charge on any atom is -0.490 e. The van der Waals surface area contributed by atoms with E-state index in [4.69, 9.17) is 14.2 Å². The zero-order valence-electron chi connectivity index (χ0n) is 20.5. The molecule has 8 nitrogen and oxygen atoms in total. The van der Waals surface area contributed by atoms with E-state index in [2.05, 4.69) is 50.4 Å². The molecular formula is C26H29BrN4O4. The van der Waals surface area contributed by atoms with Gasteiger partial charge in [0.2, 0.25) is 5.95 Å². The molecule has 1 atom stereocenters. The van der Waals surface area contributed by atoms with E-state index in [1.165, 1.54) is 11.9 Å². The first-order valence-electron chi connectivity index (χ1n) is 11.5. The van der Waals surface area contributed by atoms with Crippen LogP contribution in [0.5, 0.6) is 11.5 Å². The van der Waals surface area contributed by atoms with E-state index in [9.17, 15) is 4.79 Å². The zero-order valence-corrected chi connectivity index (χ0v) is 22.0. The normalized spacial score (nSPS) is 15.0. The molecule has 0 radical (unpaired) electrons. The highest BCUT2D eigenvalue weighted by atomic mass is 79.9. The molecule has 1 unspecified atom stereocenters. The van der Waals surface area contributed by atoms with E-state index >= 15 is 0 Å². The number of anilines is 1. The van der Waals surface area contributed by atoms with Crippen molar-refractivity contribution >= 4 is 27.8 Å². The maximum Gasteiger partial charge on any atom is 0.338 e. The van der Waals surface area contributed by atoms with Crippen molar-refractivity contribution in [3.63, 3.8) is 0 Å². The molecular weight excluding hydrogens is 512 g/mol. The van der Waals surface area contributed by atoms with Gasteiger partial charge in [0.15, 0.2) is 11.5 Å². The second-order valence-corrected chi connectivity index (χ2v) is 9.44. The van der Waals surface area contributed by atoms with E-state index in [-0.39, 0.29) is 6.10 Å². The second kappa shape index (κ2) is 10.5. The molecule has 1 aliphatic rings.